The molecule has 0 bridgehead atoms. The van der Waals surface area contributed by atoms with Crippen LogP contribution >= 0.6 is 15.9 Å². The maximum atomic E-state index is 12.0. The molecule has 0 spiro atoms. The van der Waals surface area contributed by atoms with Crippen LogP contribution < -0.4 is 16.4 Å². The third kappa shape index (κ3) is 5.45. The van der Waals surface area contributed by atoms with Gasteiger partial charge in [0.15, 0.2) is 0 Å². The normalized spacial score (nSPS) is 12.1. The molecule has 0 saturated heterocycles. The van der Waals surface area contributed by atoms with Crippen LogP contribution in [0.4, 0.5) is 16.2 Å². The average Bonchev–Trinajstić information content (AvgIpc) is 2.43. The third-order valence-electron chi connectivity index (χ3n) is 3.25. The van der Waals surface area contributed by atoms with Crippen molar-refractivity contribution in [2.75, 3.05) is 17.6 Å². The number of alkyl carbamates (subject to hydrolysis) is 1. The van der Waals surface area contributed by atoms with E-state index in [0.29, 0.717) is 23.4 Å². The van der Waals surface area contributed by atoms with Crippen molar-refractivity contribution >= 4 is 44.4 Å². The van der Waals surface area contributed by atoms with E-state index in [2.05, 4.69) is 36.5 Å². The van der Waals surface area contributed by atoms with E-state index in [1.165, 1.54) is 0 Å². The Labute approximate surface area is 155 Å². The van der Waals surface area contributed by atoms with Gasteiger partial charge in [0.05, 0.1) is 28.6 Å². The highest BCUT2D eigenvalue weighted by Gasteiger charge is 2.25. The van der Waals surface area contributed by atoms with Gasteiger partial charge in [-0.2, -0.15) is 0 Å². The lowest BCUT2D eigenvalue weighted by Gasteiger charge is -2.29. The van der Waals surface area contributed by atoms with Gasteiger partial charge >= 0.3 is 6.09 Å². The van der Waals surface area contributed by atoms with Gasteiger partial charge in [-0.1, -0.05) is 0 Å². The Morgan fingerprint density at radius 3 is 2.56 bits per heavy atom. The van der Waals surface area contributed by atoms with E-state index in [4.69, 9.17) is 10.5 Å². The maximum Gasteiger partial charge on any atom is 0.408 e. The molecule has 25 heavy (non-hydrogen) atoms. The molecule has 7 nitrogen and oxygen atoms in total. The monoisotopic (exact) mass is 409 g/mol. The number of rotatable bonds is 4. The molecule has 1 amide bonds. The molecule has 2 aromatic rings. The van der Waals surface area contributed by atoms with Crippen LogP contribution in [0.3, 0.4) is 0 Å². The zero-order valence-electron chi connectivity index (χ0n) is 15.1. The van der Waals surface area contributed by atoms with Crippen LogP contribution in [-0.2, 0) is 4.74 Å². The first-order valence-electron chi connectivity index (χ1n) is 7.92. The predicted molar refractivity (Wildman–Crippen MR) is 104 cm³/mol. The second-order valence-corrected chi connectivity index (χ2v) is 8.39. The van der Waals surface area contributed by atoms with Crippen molar-refractivity contribution in [2.45, 2.75) is 45.8 Å². The van der Waals surface area contributed by atoms with Crippen molar-refractivity contribution in [2.24, 2.45) is 0 Å². The smallest absolute Gasteiger partial charge is 0.408 e. The van der Waals surface area contributed by atoms with Gasteiger partial charge < -0.3 is 21.1 Å². The molecule has 0 saturated carbocycles. The summed E-state index contributed by atoms with van der Waals surface area (Å²) in [6.07, 6.45) is 2.82. The molecule has 0 radical (unpaired) electrons. The van der Waals surface area contributed by atoms with Gasteiger partial charge in [-0.25, -0.2) is 4.79 Å². The Morgan fingerprint density at radius 2 is 1.92 bits per heavy atom. The van der Waals surface area contributed by atoms with Gasteiger partial charge in [0.2, 0.25) is 0 Å². The van der Waals surface area contributed by atoms with Gasteiger partial charge in [-0.15, -0.1) is 0 Å². The predicted octanol–water partition coefficient (Wildman–Crippen LogP) is 3.69. The van der Waals surface area contributed by atoms with Gasteiger partial charge in [0.1, 0.15) is 11.1 Å². The fourth-order valence-corrected chi connectivity index (χ4v) is 2.50. The highest BCUT2D eigenvalue weighted by Crippen LogP contribution is 2.28. The summed E-state index contributed by atoms with van der Waals surface area (Å²) in [5.41, 5.74) is 7.54. The number of nitrogens with two attached hydrogens (primary N) is 1. The largest absolute Gasteiger partial charge is 0.444 e. The molecule has 0 aromatic carbocycles. The average molecular weight is 410 g/mol. The first-order chi connectivity index (χ1) is 11.5. The number of nitrogens with zero attached hydrogens (tertiary/aromatic N) is 2. The molecule has 0 aliphatic rings. The topological polar surface area (TPSA) is 102 Å². The molecule has 4 N–H and O–H groups in total. The fourth-order valence-electron chi connectivity index (χ4n) is 2.18. The van der Waals surface area contributed by atoms with Crippen molar-refractivity contribution in [1.82, 2.24) is 15.3 Å². The molecule has 8 heteroatoms. The van der Waals surface area contributed by atoms with Gasteiger partial charge in [-0.05, 0) is 56.6 Å². The van der Waals surface area contributed by atoms with Crippen molar-refractivity contribution in [3.05, 3.63) is 22.9 Å². The van der Waals surface area contributed by atoms with E-state index in [0.717, 1.165) is 9.99 Å². The number of fused-ring (bicyclic) bond motifs is 1. The van der Waals surface area contributed by atoms with Crippen molar-refractivity contribution in [1.29, 1.82) is 0 Å². The van der Waals surface area contributed by atoms with Crippen LogP contribution in [0.1, 0.15) is 34.6 Å². The number of nitrogen functional groups attached to an aromatic ring is 1. The summed E-state index contributed by atoms with van der Waals surface area (Å²) < 4.78 is 6.15. The van der Waals surface area contributed by atoms with E-state index in [1.54, 1.807) is 12.4 Å². The molecule has 2 heterocycles. The van der Waals surface area contributed by atoms with Crippen molar-refractivity contribution < 1.29 is 9.53 Å². The molecule has 2 aromatic heterocycles. The third-order valence-corrected chi connectivity index (χ3v) is 3.68. The number of hydrogen-bond donors (Lipinski definition) is 3. The SMILES string of the molecule is CC(C)(CNc1c(N)cnc2cc(Br)cnc12)NC(=O)OC(C)(C)C. The number of carbonyl (C=O) groups excluding carboxylic acids is 1. The lowest BCUT2D eigenvalue weighted by Crippen LogP contribution is -2.50. The van der Waals surface area contributed by atoms with Gasteiger partial charge in [0.25, 0.3) is 0 Å². The van der Waals surface area contributed by atoms with Crippen LogP contribution in [0.2, 0.25) is 0 Å². The summed E-state index contributed by atoms with van der Waals surface area (Å²) in [7, 11) is 0. The number of hydrogen-bond acceptors (Lipinski definition) is 6. The quantitative estimate of drug-likeness (QED) is 0.711. The van der Waals surface area contributed by atoms with Crippen LogP contribution in [0.15, 0.2) is 22.9 Å². The first-order valence-corrected chi connectivity index (χ1v) is 8.71. The highest BCUT2D eigenvalue weighted by molar-refractivity contribution is 9.10. The lowest BCUT2D eigenvalue weighted by atomic mass is 10.1. The minimum absolute atomic E-state index is 0.438. The Kier molecular flexibility index (Phi) is 5.41. The molecule has 0 aliphatic heterocycles. The highest BCUT2D eigenvalue weighted by atomic mass is 79.9. The molecule has 0 unspecified atom stereocenters. The van der Waals surface area contributed by atoms with Crippen molar-refractivity contribution in [3.63, 3.8) is 0 Å². The molecule has 2 rings (SSSR count). The molecule has 0 fully saturated rings. The van der Waals surface area contributed by atoms with E-state index < -0.39 is 17.2 Å². The molecular formula is C17H24BrN5O2. The van der Waals surface area contributed by atoms with E-state index in [1.807, 2.05) is 40.7 Å². The standard InChI is InChI=1S/C17H24BrN5O2/c1-16(2,3)25-15(24)23-17(4,5)9-22-13-11(19)8-20-12-6-10(18)7-21-14(12)13/h6-8H,9,19H2,1-5H3,(H,20,22)(H,23,24). The lowest BCUT2D eigenvalue weighted by molar-refractivity contribution is 0.0478. The number of amides is 1. The minimum Gasteiger partial charge on any atom is -0.444 e. The second-order valence-electron chi connectivity index (χ2n) is 7.47. The Morgan fingerprint density at radius 1 is 1.24 bits per heavy atom. The van der Waals surface area contributed by atoms with Crippen LogP contribution in [0.5, 0.6) is 0 Å². The minimum atomic E-state index is -0.556. The zero-order chi connectivity index (χ0) is 18.8. The number of ether oxygens (including phenoxy) is 1. The van der Waals surface area contributed by atoms with Crippen LogP contribution in [0.25, 0.3) is 11.0 Å². The van der Waals surface area contributed by atoms with Crippen LogP contribution in [-0.4, -0.2) is 33.7 Å². The number of halogens is 1. The van der Waals surface area contributed by atoms with E-state index in [-0.39, 0.29) is 0 Å². The molecule has 136 valence electrons. The Balaban J connectivity index is 2.13. The summed E-state index contributed by atoms with van der Waals surface area (Å²) in [6.45, 7) is 9.70. The number of nitrogens with one attached hydrogen (secondary N) is 2. The first kappa shape index (κ1) is 19.2. The molecular weight excluding hydrogens is 386 g/mol. The molecule has 0 aliphatic carbocycles. The second kappa shape index (κ2) is 7.03. The van der Waals surface area contributed by atoms with Gasteiger partial charge in [0, 0.05) is 17.2 Å². The van der Waals surface area contributed by atoms with E-state index in [9.17, 15) is 4.79 Å². The summed E-state index contributed by atoms with van der Waals surface area (Å²) >= 11 is 3.38. The Bertz CT molecular complexity index is 786. The van der Waals surface area contributed by atoms with Crippen LogP contribution in [0, 0.1) is 0 Å². The molecule has 0 atom stereocenters. The van der Waals surface area contributed by atoms with E-state index >= 15 is 0 Å². The number of carbonyl (C=O) groups is 1. The maximum absolute atomic E-state index is 12.0. The summed E-state index contributed by atoms with van der Waals surface area (Å²) in [5, 5.41) is 6.12. The summed E-state index contributed by atoms with van der Waals surface area (Å²) in [5.74, 6) is 0. The Hall–Kier alpha value is -2.09. The number of anilines is 2. The zero-order valence-corrected chi connectivity index (χ0v) is 16.7. The summed E-state index contributed by atoms with van der Waals surface area (Å²) in [6, 6.07) is 1.87. The fraction of sp³-hybridized carbons (Fsp3) is 0.471. The van der Waals surface area contributed by atoms with Gasteiger partial charge in [-0.3, -0.25) is 9.97 Å². The van der Waals surface area contributed by atoms with Crippen molar-refractivity contribution in [3.8, 4) is 0 Å². The number of aromatic nitrogens is 2. The summed E-state index contributed by atoms with van der Waals surface area (Å²) in [4.78, 5) is 20.7. The number of pyridine rings is 2.